The van der Waals surface area contributed by atoms with E-state index in [1.807, 2.05) is 30.3 Å². The van der Waals surface area contributed by atoms with Crippen LogP contribution >= 0.6 is 11.6 Å². The summed E-state index contributed by atoms with van der Waals surface area (Å²) in [5.74, 6) is -5.52. The number of ether oxygens (including phenoxy) is 2. The molecule has 6 atom stereocenters. The second-order valence-corrected chi connectivity index (χ2v) is 10.3. The number of halogens is 1. The van der Waals surface area contributed by atoms with E-state index in [0.29, 0.717) is 10.6 Å². The van der Waals surface area contributed by atoms with Gasteiger partial charge in [-0.15, -0.1) is 0 Å². The number of aliphatic hydroxyl groups excluding tert-OH is 3. The van der Waals surface area contributed by atoms with Crippen LogP contribution in [0.5, 0.6) is 0 Å². The van der Waals surface area contributed by atoms with Gasteiger partial charge in [0.25, 0.3) is 5.91 Å². The van der Waals surface area contributed by atoms with E-state index < -0.39 is 67.0 Å². The lowest BCUT2D eigenvalue weighted by Crippen LogP contribution is -2.69. The molecule has 1 saturated heterocycles. The number of hydrogen-bond donors (Lipinski definition) is 5. The fourth-order valence-corrected chi connectivity index (χ4v) is 4.84. The molecule has 0 aliphatic carbocycles. The van der Waals surface area contributed by atoms with Crippen LogP contribution in [0.15, 0.2) is 66.7 Å². The van der Waals surface area contributed by atoms with E-state index in [0.717, 1.165) is 17.7 Å². The summed E-state index contributed by atoms with van der Waals surface area (Å²) < 4.78 is 11.4. The van der Waals surface area contributed by atoms with Gasteiger partial charge in [0.05, 0.1) is 24.9 Å². The number of benzene rings is 3. The molecule has 0 radical (unpaired) electrons. The van der Waals surface area contributed by atoms with Crippen molar-refractivity contribution >= 4 is 40.2 Å². The molecule has 0 unspecified atom stereocenters. The Morgan fingerprint density at radius 3 is 2.44 bits per heavy atom. The third-order valence-corrected chi connectivity index (χ3v) is 7.10. The number of nitrogens with one attached hydrogen (secondary N) is 2. The van der Waals surface area contributed by atoms with Crippen LogP contribution in [0.1, 0.15) is 29.3 Å². The van der Waals surface area contributed by atoms with E-state index in [2.05, 4.69) is 10.6 Å². The zero-order valence-electron chi connectivity index (χ0n) is 22.0. The van der Waals surface area contributed by atoms with Crippen LogP contribution < -0.4 is 15.7 Å². The number of hydrogen-bond acceptors (Lipinski definition) is 9. The van der Waals surface area contributed by atoms with Crippen molar-refractivity contribution in [3.05, 3.63) is 82.9 Å². The summed E-state index contributed by atoms with van der Waals surface area (Å²) in [5.41, 5.74) is 0.850. The van der Waals surface area contributed by atoms with E-state index in [1.54, 1.807) is 12.1 Å². The molecule has 0 spiro atoms. The van der Waals surface area contributed by atoms with Gasteiger partial charge in [-0.1, -0.05) is 48.0 Å². The van der Waals surface area contributed by atoms with Crippen LogP contribution in [-0.2, 0) is 25.7 Å². The standard InChI is InChI=1S/C29H31ClN2O9/c1-16(33)32-24-22(34)13-29(28(38)39,40-15-17-6-7-18-4-2-3-5-20(18)12-17)41-26(24)25(36)23(35)14-31-27(37)19-8-10-21(30)11-9-19/h2-12,22-26,34-36H,13-15H2,1H3,(H,31,37)(H,32,33)(H,38,39)/p-1/t22-,23-,24+,25+,26+,29-/m0/s1. The van der Waals surface area contributed by atoms with Gasteiger partial charge in [-0.2, -0.15) is 0 Å². The zero-order chi connectivity index (χ0) is 29.7. The molecule has 0 saturated carbocycles. The molecule has 1 aliphatic rings. The van der Waals surface area contributed by atoms with Crippen molar-refractivity contribution in [3.63, 3.8) is 0 Å². The number of carboxylic acid groups (broad SMARTS) is 1. The van der Waals surface area contributed by atoms with Gasteiger partial charge < -0.3 is 45.3 Å². The number of fused-ring (bicyclic) bond motifs is 1. The fourth-order valence-electron chi connectivity index (χ4n) is 4.71. The Morgan fingerprint density at radius 1 is 1.10 bits per heavy atom. The number of aliphatic hydroxyl groups is 3. The first-order valence-corrected chi connectivity index (χ1v) is 13.2. The molecule has 0 bridgehead atoms. The van der Waals surface area contributed by atoms with E-state index in [9.17, 15) is 34.8 Å². The van der Waals surface area contributed by atoms with Crippen LogP contribution in [-0.4, -0.2) is 75.9 Å². The zero-order valence-corrected chi connectivity index (χ0v) is 22.8. The maximum absolute atomic E-state index is 12.4. The average Bonchev–Trinajstić information content (AvgIpc) is 2.95. The molecule has 3 aromatic carbocycles. The quantitative estimate of drug-likeness (QED) is 0.223. The summed E-state index contributed by atoms with van der Waals surface area (Å²) in [6.07, 6.45) is -7.45. The highest BCUT2D eigenvalue weighted by molar-refractivity contribution is 6.30. The number of aliphatic carboxylic acids is 1. The number of amides is 2. The van der Waals surface area contributed by atoms with Gasteiger partial charge in [-0.3, -0.25) is 9.59 Å². The molecule has 12 heteroatoms. The predicted octanol–water partition coefficient (Wildman–Crippen LogP) is 0.262. The van der Waals surface area contributed by atoms with E-state index >= 15 is 0 Å². The second kappa shape index (κ2) is 12.9. The SMILES string of the molecule is CC(=O)N[C@H]1[C@H]([C@H](O)[C@@H](O)CNC(=O)c2ccc(Cl)cc2)O[C@](OCc2ccc3ccccc3c2)(C(=O)[O-])C[C@@H]1O. The monoisotopic (exact) mass is 585 g/mol. The van der Waals surface area contributed by atoms with Gasteiger partial charge in [0.15, 0.2) is 0 Å². The predicted molar refractivity (Wildman–Crippen MR) is 145 cm³/mol. The summed E-state index contributed by atoms with van der Waals surface area (Å²) in [4.78, 5) is 36.6. The minimum atomic E-state index is -2.53. The third-order valence-electron chi connectivity index (χ3n) is 6.85. The lowest BCUT2D eigenvalue weighted by Gasteiger charge is -2.48. The molecule has 1 fully saturated rings. The average molecular weight is 586 g/mol. The number of carbonyl (C=O) groups excluding carboxylic acids is 3. The summed E-state index contributed by atoms with van der Waals surface area (Å²) in [6.45, 7) is 0.441. The maximum Gasteiger partial charge on any atom is 0.251 e. The Hall–Kier alpha value is -3.58. The molecule has 1 heterocycles. The molecule has 218 valence electrons. The molecule has 3 aromatic rings. The Morgan fingerprint density at radius 2 is 1.78 bits per heavy atom. The third kappa shape index (κ3) is 7.20. The second-order valence-electron chi connectivity index (χ2n) is 9.87. The molecule has 0 aromatic heterocycles. The highest BCUT2D eigenvalue weighted by Crippen LogP contribution is 2.34. The lowest BCUT2D eigenvalue weighted by molar-refractivity contribution is -0.383. The van der Waals surface area contributed by atoms with Crippen molar-refractivity contribution in [1.82, 2.24) is 10.6 Å². The van der Waals surface area contributed by atoms with Crippen LogP contribution in [0.3, 0.4) is 0 Å². The van der Waals surface area contributed by atoms with Crippen LogP contribution in [0.4, 0.5) is 0 Å². The number of carboxylic acids is 1. The fraction of sp³-hybridized carbons (Fsp3) is 0.345. The normalized spacial score (nSPS) is 23.9. The minimum absolute atomic E-state index is 0.245. The first kappa shape index (κ1) is 30.4. The van der Waals surface area contributed by atoms with Crippen molar-refractivity contribution in [1.29, 1.82) is 0 Å². The van der Waals surface area contributed by atoms with Gasteiger partial charge in [-0.25, -0.2) is 0 Å². The van der Waals surface area contributed by atoms with Crippen molar-refractivity contribution in [2.45, 2.75) is 56.2 Å². The van der Waals surface area contributed by atoms with Crippen LogP contribution in [0.2, 0.25) is 5.02 Å². The van der Waals surface area contributed by atoms with E-state index in [-0.39, 0.29) is 12.2 Å². The van der Waals surface area contributed by atoms with Gasteiger partial charge in [-0.05, 0) is 46.7 Å². The summed E-state index contributed by atoms with van der Waals surface area (Å²) in [7, 11) is 0. The first-order valence-electron chi connectivity index (χ1n) is 12.8. The number of rotatable bonds is 10. The molecular formula is C29H30ClN2O9-. The lowest BCUT2D eigenvalue weighted by atomic mass is 9.88. The highest BCUT2D eigenvalue weighted by atomic mass is 35.5. The molecule has 1 aliphatic heterocycles. The van der Waals surface area contributed by atoms with Crippen molar-refractivity contribution in [3.8, 4) is 0 Å². The Labute approximate surface area is 240 Å². The summed E-state index contributed by atoms with van der Waals surface area (Å²) in [6, 6.07) is 17.6. The van der Waals surface area contributed by atoms with Gasteiger partial charge >= 0.3 is 0 Å². The Kier molecular flexibility index (Phi) is 9.59. The molecule has 4 rings (SSSR count). The first-order chi connectivity index (χ1) is 19.5. The number of carbonyl (C=O) groups is 3. The molecule has 2 amide bonds. The van der Waals surface area contributed by atoms with Crippen molar-refractivity contribution < 1.29 is 44.3 Å². The van der Waals surface area contributed by atoms with Gasteiger partial charge in [0, 0.05) is 30.5 Å². The van der Waals surface area contributed by atoms with Crippen LogP contribution in [0.25, 0.3) is 10.8 Å². The van der Waals surface area contributed by atoms with Crippen LogP contribution in [0, 0.1) is 0 Å². The molecule has 5 N–H and O–H groups in total. The smallest absolute Gasteiger partial charge is 0.251 e. The molecular weight excluding hydrogens is 556 g/mol. The van der Waals surface area contributed by atoms with Gasteiger partial charge in [0.2, 0.25) is 11.7 Å². The topological polar surface area (TPSA) is 177 Å². The maximum atomic E-state index is 12.4. The Balaban J connectivity index is 1.52. The highest BCUT2D eigenvalue weighted by Gasteiger charge is 2.52. The van der Waals surface area contributed by atoms with Crippen molar-refractivity contribution in [2.24, 2.45) is 0 Å². The molecule has 11 nitrogen and oxygen atoms in total. The van der Waals surface area contributed by atoms with E-state index in [1.165, 1.54) is 24.3 Å². The summed E-state index contributed by atoms with van der Waals surface area (Å²) in [5, 5.41) is 52.1. The van der Waals surface area contributed by atoms with Crippen molar-refractivity contribution in [2.75, 3.05) is 6.54 Å². The largest absolute Gasteiger partial charge is 0.544 e. The molecule has 41 heavy (non-hydrogen) atoms. The minimum Gasteiger partial charge on any atom is -0.544 e. The summed E-state index contributed by atoms with van der Waals surface area (Å²) >= 11 is 5.83. The Bertz CT molecular complexity index is 1400. The van der Waals surface area contributed by atoms with Gasteiger partial charge in [0.1, 0.15) is 18.2 Å². The van der Waals surface area contributed by atoms with E-state index in [4.69, 9.17) is 21.1 Å².